The summed E-state index contributed by atoms with van der Waals surface area (Å²) in [6, 6.07) is 8.95. The SMILES string of the molecule is CCCCn1c(Cn2c(=O)n(CC(F)(F)F)c3ccncc32)cc2cc(Cl)ccc21. The highest BCUT2D eigenvalue weighted by molar-refractivity contribution is 6.31. The van der Waals surface area contributed by atoms with Gasteiger partial charge in [0.2, 0.25) is 0 Å². The summed E-state index contributed by atoms with van der Waals surface area (Å²) in [5, 5.41) is 1.53. The smallest absolute Gasteiger partial charge is 0.343 e. The molecule has 4 rings (SSSR count). The van der Waals surface area contributed by atoms with Gasteiger partial charge in [-0.2, -0.15) is 13.2 Å². The summed E-state index contributed by atoms with van der Waals surface area (Å²) in [7, 11) is 0. The molecule has 0 radical (unpaired) electrons. The lowest BCUT2D eigenvalue weighted by Gasteiger charge is -2.11. The molecule has 0 aliphatic heterocycles. The van der Waals surface area contributed by atoms with Gasteiger partial charge in [-0.3, -0.25) is 14.1 Å². The van der Waals surface area contributed by atoms with Crippen molar-refractivity contribution >= 4 is 33.5 Å². The Balaban J connectivity index is 1.86. The third-order valence-corrected chi connectivity index (χ3v) is 5.40. The van der Waals surface area contributed by atoms with Gasteiger partial charge >= 0.3 is 11.9 Å². The highest BCUT2D eigenvalue weighted by Gasteiger charge is 2.31. The summed E-state index contributed by atoms with van der Waals surface area (Å²) in [4.78, 5) is 16.9. The van der Waals surface area contributed by atoms with Crippen LogP contribution in [0.2, 0.25) is 5.02 Å². The zero-order chi connectivity index (χ0) is 21.5. The van der Waals surface area contributed by atoms with E-state index in [2.05, 4.69) is 16.5 Å². The fourth-order valence-corrected chi connectivity index (χ4v) is 4.00. The van der Waals surface area contributed by atoms with E-state index in [1.54, 1.807) is 6.07 Å². The van der Waals surface area contributed by atoms with Gasteiger partial charge in [-0.15, -0.1) is 0 Å². The van der Waals surface area contributed by atoms with Crippen molar-refractivity contribution in [2.45, 2.75) is 45.6 Å². The maximum absolute atomic E-state index is 13.1. The van der Waals surface area contributed by atoms with Gasteiger partial charge in [0.15, 0.2) is 0 Å². The maximum Gasteiger partial charge on any atom is 0.406 e. The number of fused-ring (bicyclic) bond motifs is 2. The van der Waals surface area contributed by atoms with Crippen LogP contribution in [0.5, 0.6) is 0 Å². The molecule has 5 nitrogen and oxygen atoms in total. The standard InChI is InChI=1S/C21H20ClF3N4O/c1-2-3-8-27-16(10-14-9-15(22)4-5-17(14)27)12-28-19-11-26-7-6-18(19)29(20(28)30)13-21(23,24)25/h4-7,9-11H,2-3,8,12-13H2,1H3. The number of imidazole rings is 1. The number of hydrogen-bond acceptors (Lipinski definition) is 2. The van der Waals surface area contributed by atoms with Crippen molar-refractivity contribution in [1.82, 2.24) is 18.7 Å². The molecule has 4 aromatic rings. The lowest BCUT2D eigenvalue weighted by Crippen LogP contribution is -2.30. The van der Waals surface area contributed by atoms with E-state index < -0.39 is 18.4 Å². The molecule has 158 valence electrons. The minimum absolute atomic E-state index is 0.141. The Hall–Kier alpha value is -2.74. The van der Waals surface area contributed by atoms with Crippen LogP contribution in [0.1, 0.15) is 25.5 Å². The Morgan fingerprint density at radius 1 is 1.03 bits per heavy atom. The lowest BCUT2D eigenvalue weighted by molar-refractivity contribution is -0.140. The van der Waals surface area contributed by atoms with Crippen LogP contribution in [0, 0.1) is 0 Å². The second-order valence-electron chi connectivity index (χ2n) is 7.28. The minimum atomic E-state index is -4.50. The van der Waals surface area contributed by atoms with Crippen LogP contribution in [0.3, 0.4) is 0 Å². The number of rotatable bonds is 6. The van der Waals surface area contributed by atoms with E-state index in [0.29, 0.717) is 10.5 Å². The Morgan fingerprint density at radius 3 is 2.57 bits per heavy atom. The molecule has 3 aromatic heterocycles. The summed E-state index contributed by atoms with van der Waals surface area (Å²) < 4.78 is 43.4. The molecule has 3 heterocycles. The van der Waals surface area contributed by atoms with Crippen LogP contribution in [0.4, 0.5) is 13.2 Å². The Kier molecular flexibility index (Phi) is 5.36. The number of halogens is 4. The molecule has 0 bridgehead atoms. The summed E-state index contributed by atoms with van der Waals surface area (Å²) in [5.41, 5.74) is 1.69. The summed E-state index contributed by atoms with van der Waals surface area (Å²) in [6.07, 6.45) is 0.241. The quantitative estimate of drug-likeness (QED) is 0.416. The van der Waals surface area contributed by atoms with E-state index in [-0.39, 0.29) is 12.1 Å². The van der Waals surface area contributed by atoms with Crippen molar-refractivity contribution in [1.29, 1.82) is 0 Å². The summed E-state index contributed by atoms with van der Waals surface area (Å²) >= 11 is 6.13. The fourth-order valence-electron chi connectivity index (χ4n) is 3.82. The van der Waals surface area contributed by atoms with E-state index in [1.807, 2.05) is 18.2 Å². The first-order chi connectivity index (χ1) is 14.3. The van der Waals surface area contributed by atoms with E-state index in [1.165, 1.54) is 23.0 Å². The van der Waals surface area contributed by atoms with Crippen LogP contribution in [-0.4, -0.2) is 24.9 Å². The van der Waals surface area contributed by atoms with Gasteiger partial charge in [0.1, 0.15) is 6.54 Å². The van der Waals surface area contributed by atoms with Gasteiger partial charge in [0.25, 0.3) is 0 Å². The average Bonchev–Trinajstić information content (AvgIpc) is 3.15. The second-order valence-corrected chi connectivity index (χ2v) is 7.71. The molecule has 9 heteroatoms. The summed E-state index contributed by atoms with van der Waals surface area (Å²) in [6.45, 7) is 1.63. The van der Waals surface area contributed by atoms with Crippen LogP contribution in [-0.2, 0) is 19.6 Å². The molecule has 0 aliphatic rings. The number of alkyl halides is 3. The molecule has 0 fully saturated rings. The van der Waals surface area contributed by atoms with Crippen molar-refractivity contribution in [3.63, 3.8) is 0 Å². The van der Waals surface area contributed by atoms with Gasteiger partial charge in [-0.05, 0) is 36.8 Å². The van der Waals surface area contributed by atoms with Crippen molar-refractivity contribution in [3.05, 3.63) is 63.9 Å². The molecule has 30 heavy (non-hydrogen) atoms. The molecule has 0 unspecified atom stereocenters. The molecular formula is C21H20ClF3N4O. The predicted octanol–water partition coefficient (Wildman–Crippen LogP) is 5.22. The largest absolute Gasteiger partial charge is 0.406 e. The van der Waals surface area contributed by atoms with Crippen molar-refractivity contribution in [3.8, 4) is 0 Å². The first kappa shape index (κ1) is 20.5. The van der Waals surface area contributed by atoms with Gasteiger partial charge in [0.05, 0.1) is 23.8 Å². The first-order valence-corrected chi connectivity index (χ1v) is 10.0. The molecule has 0 atom stereocenters. The zero-order valence-electron chi connectivity index (χ0n) is 16.3. The molecule has 0 amide bonds. The van der Waals surface area contributed by atoms with E-state index in [9.17, 15) is 18.0 Å². The number of benzene rings is 1. The van der Waals surface area contributed by atoms with Crippen LogP contribution in [0.15, 0.2) is 47.5 Å². The van der Waals surface area contributed by atoms with E-state index in [0.717, 1.165) is 40.6 Å². The molecular weight excluding hydrogens is 417 g/mol. The van der Waals surface area contributed by atoms with Gasteiger partial charge in [0, 0.05) is 34.4 Å². The zero-order valence-corrected chi connectivity index (χ0v) is 17.0. The van der Waals surface area contributed by atoms with E-state index >= 15 is 0 Å². The number of nitrogens with zero attached hydrogens (tertiary/aromatic N) is 4. The Bertz CT molecular complexity index is 1270. The third-order valence-electron chi connectivity index (χ3n) is 5.16. The number of unbranched alkanes of at least 4 members (excludes halogenated alkanes) is 1. The Morgan fingerprint density at radius 2 is 1.83 bits per heavy atom. The molecule has 0 saturated carbocycles. The number of pyridine rings is 1. The van der Waals surface area contributed by atoms with Crippen LogP contribution in [0.25, 0.3) is 21.9 Å². The molecule has 0 saturated heterocycles. The van der Waals surface area contributed by atoms with Gasteiger partial charge in [-0.1, -0.05) is 24.9 Å². The molecule has 0 aliphatic carbocycles. The van der Waals surface area contributed by atoms with Gasteiger partial charge < -0.3 is 4.57 Å². The summed E-state index contributed by atoms with van der Waals surface area (Å²) in [5.74, 6) is 0. The third kappa shape index (κ3) is 3.84. The predicted molar refractivity (Wildman–Crippen MR) is 111 cm³/mol. The maximum atomic E-state index is 13.1. The monoisotopic (exact) mass is 436 g/mol. The van der Waals surface area contributed by atoms with Crippen molar-refractivity contribution in [2.75, 3.05) is 0 Å². The first-order valence-electron chi connectivity index (χ1n) is 9.66. The number of aromatic nitrogens is 4. The fraction of sp³-hybridized carbons (Fsp3) is 0.333. The van der Waals surface area contributed by atoms with E-state index in [4.69, 9.17) is 11.6 Å². The average molecular weight is 437 g/mol. The second kappa shape index (κ2) is 7.83. The minimum Gasteiger partial charge on any atom is -0.343 e. The normalized spacial score (nSPS) is 12.3. The Labute approximate surface area is 175 Å². The highest BCUT2D eigenvalue weighted by atomic mass is 35.5. The van der Waals surface area contributed by atoms with Gasteiger partial charge in [-0.25, -0.2) is 4.79 Å². The van der Waals surface area contributed by atoms with Crippen LogP contribution >= 0.6 is 11.6 Å². The topological polar surface area (TPSA) is 44.8 Å². The number of aryl methyl sites for hydroxylation is 1. The van der Waals surface area contributed by atoms with Crippen molar-refractivity contribution in [2.24, 2.45) is 0 Å². The molecule has 0 N–H and O–H groups in total. The highest BCUT2D eigenvalue weighted by Crippen LogP contribution is 2.26. The molecule has 0 spiro atoms. The lowest BCUT2D eigenvalue weighted by atomic mass is 10.2. The number of hydrogen-bond donors (Lipinski definition) is 0. The van der Waals surface area contributed by atoms with Crippen molar-refractivity contribution < 1.29 is 13.2 Å². The molecule has 1 aromatic carbocycles. The van der Waals surface area contributed by atoms with Crippen LogP contribution < -0.4 is 5.69 Å².